The first kappa shape index (κ1) is 15.5. The van der Waals surface area contributed by atoms with Crippen molar-refractivity contribution in [1.29, 1.82) is 0 Å². The molecule has 0 aliphatic carbocycles. The van der Waals surface area contributed by atoms with Gasteiger partial charge < -0.3 is 15.4 Å². The van der Waals surface area contributed by atoms with Crippen molar-refractivity contribution in [3.05, 3.63) is 0 Å². The summed E-state index contributed by atoms with van der Waals surface area (Å²) in [5.41, 5.74) is 0.200. The second-order valence-electron chi connectivity index (χ2n) is 5.55. The molecule has 0 atom stereocenters. The fourth-order valence-corrected chi connectivity index (χ4v) is 1.25. The van der Waals surface area contributed by atoms with Crippen LogP contribution in [0.25, 0.3) is 0 Å². The van der Waals surface area contributed by atoms with Crippen molar-refractivity contribution in [1.82, 2.24) is 15.0 Å². The summed E-state index contributed by atoms with van der Waals surface area (Å²) in [6, 6.07) is 0.339. The van der Waals surface area contributed by atoms with E-state index in [9.17, 15) is 0 Å². The highest BCUT2D eigenvalue weighted by molar-refractivity contribution is 5.35. The lowest BCUT2D eigenvalue weighted by molar-refractivity contribution is 0.222. The van der Waals surface area contributed by atoms with Gasteiger partial charge in [0.25, 0.3) is 0 Å². The van der Waals surface area contributed by atoms with Gasteiger partial charge in [-0.15, -0.1) is 0 Å². The molecule has 0 radical (unpaired) electrons. The Bertz CT molecular complexity index is 406. The molecule has 6 nitrogen and oxygen atoms in total. The van der Waals surface area contributed by atoms with Gasteiger partial charge in [0.2, 0.25) is 11.9 Å². The number of hydrogen-bond donors (Lipinski definition) is 2. The van der Waals surface area contributed by atoms with E-state index in [-0.39, 0.29) is 11.5 Å². The van der Waals surface area contributed by atoms with E-state index >= 15 is 0 Å². The van der Waals surface area contributed by atoms with Gasteiger partial charge >= 0.3 is 6.01 Å². The molecular weight excluding hydrogens is 242 g/mol. The minimum atomic E-state index is 0.0343. The number of nitrogens with zero attached hydrogens (tertiary/aromatic N) is 3. The monoisotopic (exact) mass is 267 g/mol. The standard InChI is InChI=1S/C13H25N5O/c1-7-13(4,5)8-15-11-16-10(14-6)17-12(18-11)19-9(2)3/h9H,7-8H2,1-6H3,(H2,14,15,16,17,18). The van der Waals surface area contributed by atoms with Crippen molar-refractivity contribution < 1.29 is 4.74 Å². The SMILES string of the molecule is CCC(C)(C)CNc1nc(NC)nc(OC(C)C)n1. The largest absolute Gasteiger partial charge is 0.461 e. The van der Waals surface area contributed by atoms with Gasteiger partial charge in [0.05, 0.1) is 6.10 Å². The van der Waals surface area contributed by atoms with E-state index in [1.54, 1.807) is 7.05 Å². The van der Waals surface area contributed by atoms with Crippen LogP contribution in [-0.2, 0) is 0 Å². The molecule has 6 heteroatoms. The van der Waals surface area contributed by atoms with Crippen molar-refractivity contribution in [3.8, 4) is 6.01 Å². The molecule has 0 bridgehead atoms. The molecule has 0 aliphatic heterocycles. The van der Waals surface area contributed by atoms with Crippen molar-refractivity contribution in [2.24, 2.45) is 5.41 Å². The van der Waals surface area contributed by atoms with Crippen LogP contribution in [0, 0.1) is 5.41 Å². The zero-order chi connectivity index (χ0) is 14.5. The maximum absolute atomic E-state index is 5.51. The summed E-state index contributed by atoms with van der Waals surface area (Å²) in [7, 11) is 1.77. The molecular formula is C13H25N5O. The van der Waals surface area contributed by atoms with Gasteiger partial charge in [0.15, 0.2) is 0 Å². The molecule has 0 amide bonds. The number of rotatable bonds is 7. The highest BCUT2D eigenvalue weighted by Crippen LogP contribution is 2.20. The summed E-state index contributed by atoms with van der Waals surface area (Å²) in [5.74, 6) is 1.04. The predicted octanol–water partition coefficient (Wildman–Crippen LogP) is 2.55. The van der Waals surface area contributed by atoms with E-state index < -0.39 is 0 Å². The predicted molar refractivity (Wildman–Crippen MR) is 77.7 cm³/mol. The van der Waals surface area contributed by atoms with Crippen molar-refractivity contribution >= 4 is 11.9 Å². The number of anilines is 2. The zero-order valence-corrected chi connectivity index (χ0v) is 12.7. The summed E-state index contributed by atoms with van der Waals surface area (Å²) < 4.78 is 5.51. The molecule has 0 spiro atoms. The Labute approximate surface area is 115 Å². The van der Waals surface area contributed by atoms with Crippen LogP contribution in [0.4, 0.5) is 11.9 Å². The first-order valence-electron chi connectivity index (χ1n) is 6.70. The van der Waals surface area contributed by atoms with Crippen molar-refractivity contribution in [2.45, 2.75) is 47.1 Å². The Hall–Kier alpha value is -1.59. The second kappa shape index (κ2) is 6.54. The molecule has 0 saturated carbocycles. The van der Waals surface area contributed by atoms with Crippen LogP contribution < -0.4 is 15.4 Å². The van der Waals surface area contributed by atoms with Crippen LogP contribution in [0.15, 0.2) is 0 Å². The highest BCUT2D eigenvalue weighted by Gasteiger charge is 2.16. The van der Waals surface area contributed by atoms with Crippen molar-refractivity contribution in [2.75, 3.05) is 24.2 Å². The lowest BCUT2D eigenvalue weighted by atomic mass is 9.90. The number of hydrogen-bond acceptors (Lipinski definition) is 6. The molecule has 0 unspecified atom stereocenters. The minimum Gasteiger partial charge on any atom is -0.461 e. The Morgan fingerprint density at radius 2 is 1.79 bits per heavy atom. The average molecular weight is 267 g/mol. The fraction of sp³-hybridized carbons (Fsp3) is 0.769. The van der Waals surface area contributed by atoms with Gasteiger partial charge in [-0.2, -0.15) is 15.0 Å². The number of aromatic nitrogens is 3. The topological polar surface area (TPSA) is 72.0 Å². The number of ether oxygens (including phenoxy) is 1. The third-order valence-electron chi connectivity index (χ3n) is 2.86. The first-order valence-corrected chi connectivity index (χ1v) is 6.70. The van der Waals surface area contributed by atoms with Crippen LogP contribution in [0.2, 0.25) is 0 Å². The quantitative estimate of drug-likeness (QED) is 0.791. The van der Waals surface area contributed by atoms with Gasteiger partial charge in [-0.1, -0.05) is 20.8 Å². The Balaban J connectivity index is 2.82. The smallest absolute Gasteiger partial charge is 0.323 e. The van der Waals surface area contributed by atoms with Crippen LogP contribution in [-0.4, -0.2) is 34.6 Å². The second-order valence-corrected chi connectivity index (χ2v) is 5.55. The van der Waals surface area contributed by atoms with Crippen LogP contribution in [0.1, 0.15) is 41.0 Å². The Kier molecular flexibility index (Phi) is 5.32. The molecule has 19 heavy (non-hydrogen) atoms. The zero-order valence-electron chi connectivity index (χ0n) is 12.7. The molecule has 0 aromatic carbocycles. The molecule has 1 rings (SSSR count). The van der Waals surface area contributed by atoms with Gasteiger partial charge in [0, 0.05) is 13.6 Å². The third kappa shape index (κ3) is 5.28. The molecule has 0 saturated heterocycles. The van der Waals surface area contributed by atoms with Crippen LogP contribution in [0.3, 0.4) is 0 Å². The third-order valence-corrected chi connectivity index (χ3v) is 2.86. The minimum absolute atomic E-state index is 0.0343. The fourth-order valence-electron chi connectivity index (χ4n) is 1.25. The number of nitrogens with one attached hydrogen (secondary N) is 2. The maximum atomic E-state index is 5.51. The van der Waals surface area contributed by atoms with E-state index in [1.165, 1.54) is 0 Å². The summed E-state index contributed by atoms with van der Waals surface area (Å²) >= 11 is 0. The van der Waals surface area contributed by atoms with E-state index in [2.05, 4.69) is 46.4 Å². The van der Waals surface area contributed by atoms with E-state index in [1.807, 2.05) is 13.8 Å². The molecule has 2 N–H and O–H groups in total. The molecule has 1 aromatic rings. The van der Waals surface area contributed by atoms with Gasteiger partial charge in [0.1, 0.15) is 0 Å². The normalized spacial score (nSPS) is 11.5. The molecule has 1 heterocycles. The Morgan fingerprint density at radius 1 is 1.16 bits per heavy atom. The summed E-state index contributed by atoms with van der Waals surface area (Å²) in [4.78, 5) is 12.7. The highest BCUT2D eigenvalue weighted by atomic mass is 16.5. The van der Waals surface area contributed by atoms with Crippen LogP contribution in [0.5, 0.6) is 6.01 Å². The van der Waals surface area contributed by atoms with E-state index in [0.29, 0.717) is 17.9 Å². The van der Waals surface area contributed by atoms with E-state index in [4.69, 9.17) is 4.74 Å². The van der Waals surface area contributed by atoms with Crippen LogP contribution >= 0.6 is 0 Å². The molecule has 0 aliphatic rings. The molecule has 0 fully saturated rings. The Morgan fingerprint density at radius 3 is 2.32 bits per heavy atom. The summed E-state index contributed by atoms with van der Waals surface area (Å²) in [6.07, 6.45) is 1.12. The van der Waals surface area contributed by atoms with Gasteiger partial charge in [-0.05, 0) is 25.7 Å². The summed E-state index contributed by atoms with van der Waals surface area (Å²) in [6.45, 7) is 11.3. The van der Waals surface area contributed by atoms with E-state index in [0.717, 1.165) is 13.0 Å². The summed E-state index contributed by atoms with van der Waals surface area (Å²) in [5, 5.41) is 6.15. The molecule has 108 valence electrons. The lowest BCUT2D eigenvalue weighted by Gasteiger charge is -2.23. The van der Waals surface area contributed by atoms with Gasteiger partial charge in [-0.25, -0.2) is 0 Å². The lowest BCUT2D eigenvalue weighted by Crippen LogP contribution is -2.23. The average Bonchev–Trinajstić information content (AvgIpc) is 2.35. The first-order chi connectivity index (χ1) is 8.86. The maximum Gasteiger partial charge on any atom is 0.323 e. The molecule has 1 aromatic heterocycles. The van der Waals surface area contributed by atoms with Gasteiger partial charge in [-0.3, -0.25) is 0 Å². The van der Waals surface area contributed by atoms with Crippen molar-refractivity contribution in [3.63, 3.8) is 0 Å².